The van der Waals surface area contributed by atoms with Crippen molar-refractivity contribution in [3.63, 3.8) is 0 Å². The highest BCUT2D eigenvalue weighted by Gasteiger charge is 2.47. The van der Waals surface area contributed by atoms with Crippen LogP contribution in [0.3, 0.4) is 0 Å². The maximum Gasteiger partial charge on any atom is 0.258 e. The van der Waals surface area contributed by atoms with Crippen LogP contribution in [0.4, 0.5) is 4.39 Å². The predicted molar refractivity (Wildman–Crippen MR) is 105 cm³/mol. The van der Waals surface area contributed by atoms with Crippen molar-refractivity contribution in [2.75, 3.05) is 6.54 Å². The van der Waals surface area contributed by atoms with E-state index in [4.69, 9.17) is 0 Å². The van der Waals surface area contributed by atoms with Crippen molar-refractivity contribution in [1.29, 1.82) is 0 Å². The Morgan fingerprint density at radius 1 is 1.21 bits per heavy atom. The zero-order valence-electron chi connectivity index (χ0n) is 15.7. The number of fused-ring (bicyclic) bond motifs is 1. The monoisotopic (exact) mass is 379 g/mol. The average Bonchev–Trinajstić information content (AvgIpc) is 2.65. The molecule has 1 saturated carbocycles. The van der Waals surface area contributed by atoms with Gasteiger partial charge in [-0.3, -0.25) is 9.59 Å². The zero-order chi connectivity index (χ0) is 19.7. The van der Waals surface area contributed by atoms with Crippen molar-refractivity contribution in [1.82, 2.24) is 14.9 Å². The van der Waals surface area contributed by atoms with Gasteiger partial charge in [0.2, 0.25) is 5.91 Å². The molecule has 0 saturated heterocycles. The number of benzene rings is 2. The first-order chi connectivity index (χ1) is 13.5. The summed E-state index contributed by atoms with van der Waals surface area (Å²) in [6, 6.07) is 13.5. The molecule has 144 valence electrons. The van der Waals surface area contributed by atoms with Gasteiger partial charge in [-0.1, -0.05) is 30.7 Å². The van der Waals surface area contributed by atoms with Gasteiger partial charge in [0.1, 0.15) is 11.6 Å². The van der Waals surface area contributed by atoms with E-state index >= 15 is 0 Å². The summed E-state index contributed by atoms with van der Waals surface area (Å²) in [5, 5.41) is 0.524. The molecule has 5 nitrogen and oxygen atoms in total. The number of carbonyl (C=O) groups is 1. The molecule has 1 aliphatic carbocycles. The largest absolute Gasteiger partial charge is 0.335 e. The van der Waals surface area contributed by atoms with Gasteiger partial charge in [0.15, 0.2) is 0 Å². The third kappa shape index (κ3) is 3.09. The Kier molecular flexibility index (Phi) is 4.71. The number of para-hydroxylation sites is 1. The molecule has 0 radical (unpaired) electrons. The molecule has 1 fully saturated rings. The van der Waals surface area contributed by atoms with Gasteiger partial charge in [0.25, 0.3) is 5.56 Å². The van der Waals surface area contributed by atoms with E-state index in [1.807, 2.05) is 19.1 Å². The van der Waals surface area contributed by atoms with Crippen molar-refractivity contribution in [3.8, 4) is 0 Å². The number of aromatic nitrogens is 2. The Hall–Kier alpha value is -3.02. The number of halogens is 1. The minimum atomic E-state index is -0.685. The third-order valence-electron chi connectivity index (χ3n) is 5.67. The Bertz CT molecular complexity index is 1090. The fourth-order valence-corrected chi connectivity index (χ4v) is 3.96. The second-order valence-corrected chi connectivity index (χ2v) is 7.30. The number of hydrogen-bond donors (Lipinski definition) is 1. The first-order valence-corrected chi connectivity index (χ1v) is 9.57. The molecule has 0 bridgehead atoms. The van der Waals surface area contributed by atoms with E-state index in [9.17, 15) is 14.0 Å². The second-order valence-electron chi connectivity index (χ2n) is 7.30. The summed E-state index contributed by atoms with van der Waals surface area (Å²) < 4.78 is 13.8. The molecular formula is C22H22FN3O2. The van der Waals surface area contributed by atoms with E-state index in [0.29, 0.717) is 36.1 Å². The van der Waals surface area contributed by atoms with E-state index in [0.717, 1.165) is 12.0 Å². The van der Waals surface area contributed by atoms with Crippen molar-refractivity contribution in [2.45, 2.75) is 38.1 Å². The van der Waals surface area contributed by atoms with Crippen LogP contribution in [0.1, 0.15) is 37.6 Å². The summed E-state index contributed by atoms with van der Waals surface area (Å²) >= 11 is 0. The molecular weight excluding hydrogens is 357 g/mol. The lowest BCUT2D eigenvalue weighted by Crippen LogP contribution is -2.51. The summed E-state index contributed by atoms with van der Waals surface area (Å²) in [5.41, 5.74) is 0.429. The highest BCUT2D eigenvalue weighted by molar-refractivity contribution is 5.89. The maximum absolute atomic E-state index is 13.8. The van der Waals surface area contributed by atoms with Gasteiger partial charge < -0.3 is 9.88 Å². The molecule has 1 aliphatic rings. The number of likely N-dealkylation sites (N-methyl/N-ethyl adjacent to an activating group) is 1. The summed E-state index contributed by atoms with van der Waals surface area (Å²) in [5.74, 6) is 0.0791. The molecule has 1 N–H and O–H groups in total. The summed E-state index contributed by atoms with van der Waals surface area (Å²) in [6.07, 6.45) is 2.34. The predicted octanol–water partition coefficient (Wildman–Crippen LogP) is 3.53. The number of carbonyl (C=O) groups excluding carboxylic acids is 1. The van der Waals surface area contributed by atoms with Crippen LogP contribution in [0.5, 0.6) is 0 Å². The Morgan fingerprint density at radius 3 is 2.68 bits per heavy atom. The Morgan fingerprint density at radius 2 is 2.00 bits per heavy atom. The molecule has 0 unspecified atom stereocenters. The summed E-state index contributed by atoms with van der Waals surface area (Å²) in [6.45, 7) is 2.59. The number of H-pyrrole nitrogens is 1. The normalized spacial score (nSPS) is 15.2. The second kappa shape index (κ2) is 7.19. The van der Waals surface area contributed by atoms with Gasteiger partial charge in [-0.15, -0.1) is 0 Å². The molecule has 3 aromatic rings. The van der Waals surface area contributed by atoms with Crippen molar-refractivity contribution in [2.24, 2.45) is 0 Å². The Balaban J connectivity index is 1.65. The molecule has 1 amide bonds. The van der Waals surface area contributed by atoms with Gasteiger partial charge in [0, 0.05) is 6.54 Å². The van der Waals surface area contributed by atoms with Crippen LogP contribution in [0.15, 0.2) is 53.3 Å². The van der Waals surface area contributed by atoms with Crippen LogP contribution < -0.4 is 5.56 Å². The molecule has 1 aromatic heterocycles. The van der Waals surface area contributed by atoms with Gasteiger partial charge in [0.05, 0.1) is 22.9 Å². The van der Waals surface area contributed by atoms with Crippen LogP contribution in [0.25, 0.3) is 10.9 Å². The zero-order valence-corrected chi connectivity index (χ0v) is 15.7. The highest BCUT2D eigenvalue weighted by atomic mass is 19.1. The summed E-state index contributed by atoms with van der Waals surface area (Å²) in [4.78, 5) is 34.7. The van der Waals surface area contributed by atoms with Crippen molar-refractivity contribution < 1.29 is 9.18 Å². The molecule has 1 heterocycles. The average molecular weight is 379 g/mol. The van der Waals surface area contributed by atoms with Crippen LogP contribution >= 0.6 is 0 Å². The minimum Gasteiger partial charge on any atom is -0.335 e. The number of hydrogen-bond acceptors (Lipinski definition) is 3. The molecule has 0 spiro atoms. The van der Waals surface area contributed by atoms with Crippen molar-refractivity contribution in [3.05, 3.63) is 76.1 Å². The van der Waals surface area contributed by atoms with E-state index < -0.39 is 5.41 Å². The van der Waals surface area contributed by atoms with E-state index in [1.54, 1.807) is 29.2 Å². The first-order valence-electron chi connectivity index (χ1n) is 9.57. The Labute approximate surface area is 162 Å². The number of nitrogens with one attached hydrogen (secondary N) is 1. The molecule has 0 aliphatic heterocycles. The lowest BCUT2D eigenvalue weighted by Gasteiger charge is -2.43. The lowest BCUT2D eigenvalue weighted by molar-refractivity contribution is -0.141. The molecule has 6 heteroatoms. The molecule has 2 aromatic carbocycles. The van der Waals surface area contributed by atoms with E-state index in [1.165, 1.54) is 12.1 Å². The van der Waals surface area contributed by atoms with Crippen LogP contribution in [0.2, 0.25) is 0 Å². The van der Waals surface area contributed by atoms with Gasteiger partial charge in [-0.2, -0.15) is 0 Å². The fraction of sp³-hybridized carbons (Fsp3) is 0.318. The van der Waals surface area contributed by atoms with Gasteiger partial charge >= 0.3 is 0 Å². The minimum absolute atomic E-state index is 0.0392. The smallest absolute Gasteiger partial charge is 0.258 e. The molecule has 0 atom stereocenters. The maximum atomic E-state index is 13.8. The number of aromatic amines is 1. The quantitative estimate of drug-likeness (QED) is 0.737. The van der Waals surface area contributed by atoms with E-state index in [-0.39, 0.29) is 23.8 Å². The summed E-state index contributed by atoms with van der Waals surface area (Å²) in [7, 11) is 0. The molecule has 4 rings (SSSR count). The topological polar surface area (TPSA) is 66.1 Å². The van der Waals surface area contributed by atoms with Crippen LogP contribution in [-0.2, 0) is 16.8 Å². The van der Waals surface area contributed by atoms with Crippen molar-refractivity contribution >= 4 is 16.8 Å². The number of amides is 1. The van der Waals surface area contributed by atoms with Gasteiger partial charge in [-0.05, 0) is 49.6 Å². The highest BCUT2D eigenvalue weighted by Crippen LogP contribution is 2.45. The standard InChI is InChI=1S/C22H22FN3O2/c1-2-26(14-19-24-18-10-4-3-9-17(18)20(27)25-19)21(28)22(11-6-12-22)15-7-5-8-16(23)13-15/h3-5,7-10,13H,2,6,11-12,14H2,1H3,(H,24,25,27). The van der Waals surface area contributed by atoms with Crippen LogP contribution in [-0.4, -0.2) is 27.3 Å². The van der Waals surface area contributed by atoms with Gasteiger partial charge in [-0.25, -0.2) is 9.37 Å². The fourth-order valence-electron chi connectivity index (χ4n) is 3.96. The number of nitrogens with zero attached hydrogens (tertiary/aromatic N) is 2. The first kappa shape index (κ1) is 18.3. The third-order valence-corrected chi connectivity index (χ3v) is 5.67. The lowest BCUT2D eigenvalue weighted by atomic mass is 9.63. The SMILES string of the molecule is CCN(Cc1nc2ccccc2c(=O)[nH]1)C(=O)C1(c2cccc(F)c2)CCC1. The van der Waals surface area contributed by atoms with E-state index in [2.05, 4.69) is 9.97 Å². The molecule has 28 heavy (non-hydrogen) atoms. The van der Waals surface area contributed by atoms with Crippen LogP contribution in [0, 0.1) is 5.82 Å². The number of rotatable bonds is 5.